The molecule has 0 aromatic heterocycles. The highest BCUT2D eigenvalue weighted by Gasteiger charge is 2.26. The molecule has 0 atom stereocenters. The van der Waals surface area contributed by atoms with E-state index in [1.165, 1.54) is 0 Å². The van der Waals surface area contributed by atoms with Crippen molar-refractivity contribution in [2.45, 2.75) is 25.4 Å². The molecule has 0 saturated carbocycles. The number of benzene rings is 1. The number of methoxy groups -OCH3 is 1. The van der Waals surface area contributed by atoms with Crippen molar-refractivity contribution in [2.24, 2.45) is 5.73 Å². The standard InChI is InChI=1S/C13H18F3NO2/c1-18-11-3-4-12(10(9-11)5-7-17)19-8-2-6-13(14,15)16/h3-4,9H,2,5-8,17H2,1H3. The zero-order valence-electron chi connectivity index (χ0n) is 10.8. The van der Waals surface area contributed by atoms with Crippen LogP contribution in [-0.2, 0) is 6.42 Å². The first-order valence-corrected chi connectivity index (χ1v) is 6.03. The highest BCUT2D eigenvalue weighted by Crippen LogP contribution is 2.26. The van der Waals surface area contributed by atoms with Gasteiger partial charge in [0.2, 0.25) is 0 Å². The van der Waals surface area contributed by atoms with Crippen LogP contribution in [0.4, 0.5) is 13.2 Å². The normalized spacial score (nSPS) is 11.4. The average Bonchev–Trinajstić information content (AvgIpc) is 2.35. The predicted molar refractivity (Wildman–Crippen MR) is 66.5 cm³/mol. The van der Waals surface area contributed by atoms with Crippen LogP contribution in [0.25, 0.3) is 0 Å². The molecule has 0 amide bonds. The summed E-state index contributed by atoms with van der Waals surface area (Å²) in [4.78, 5) is 0. The number of nitrogens with two attached hydrogens (primary N) is 1. The quantitative estimate of drug-likeness (QED) is 0.779. The van der Waals surface area contributed by atoms with Gasteiger partial charge in [-0.15, -0.1) is 0 Å². The number of alkyl halides is 3. The molecule has 0 heterocycles. The lowest BCUT2D eigenvalue weighted by Crippen LogP contribution is -2.11. The van der Waals surface area contributed by atoms with E-state index in [4.69, 9.17) is 15.2 Å². The van der Waals surface area contributed by atoms with E-state index in [1.807, 2.05) is 0 Å². The van der Waals surface area contributed by atoms with E-state index in [9.17, 15) is 13.2 Å². The molecular formula is C13H18F3NO2. The second-order valence-electron chi connectivity index (χ2n) is 4.08. The van der Waals surface area contributed by atoms with E-state index in [0.29, 0.717) is 24.5 Å². The van der Waals surface area contributed by atoms with Gasteiger partial charge in [0, 0.05) is 6.42 Å². The fourth-order valence-corrected chi connectivity index (χ4v) is 1.63. The number of hydrogen-bond acceptors (Lipinski definition) is 3. The molecule has 0 fully saturated rings. The van der Waals surface area contributed by atoms with Gasteiger partial charge in [0.05, 0.1) is 13.7 Å². The third-order valence-corrected chi connectivity index (χ3v) is 2.54. The first kappa shape index (κ1) is 15.6. The molecule has 1 aromatic rings. The van der Waals surface area contributed by atoms with E-state index in [1.54, 1.807) is 25.3 Å². The molecule has 0 unspecified atom stereocenters. The van der Waals surface area contributed by atoms with Crippen LogP contribution >= 0.6 is 0 Å². The van der Waals surface area contributed by atoms with Crippen molar-refractivity contribution in [3.63, 3.8) is 0 Å². The molecule has 2 N–H and O–H groups in total. The summed E-state index contributed by atoms with van der Waals surface area (Å²) in [5.41, 5.74) is 6.33. The number of ether oxygens (including phenoxy) is 2. The molecule has 0 aliphatic carbocycles. The van der Waals surface area contributed by atoms with Crippen LogP contribution in [0.3, 0.4) is 0 Å². The minimum absolute atomic E-state index is 0.0312. The summed E-state index contributed by atoms with van der Waals surface area (Å²) < 4.78 is 46.4. The molecule has 0 radical (unpaired) electrons. The minimum Gasteiger partial charge on any atom is -0.497 e. The van der Waals surface area contributed by atoms with E-state index in [0.717, 1.165) is 5.56 Å². The summed E-state index contributed by atoms with van der Waals surface area (Å²) in [6.07, 6.45) is -4.44. The van der Waals surface area contributed by atoms with Gasteiger partial charge in [-0.2, -0.15) is 13.2 Å². The lowest BCUT2D eigenvalue weighted by atomic mass is 10.1. The Balaban J connectivity index is 2.56. The Hall–Kier alpha value is -1.43. The lowest BCUT2D eigenvalue weighted by molar-refractivity contribution is -0.136. The molecule has 0 spiro atoms. The van der Waals surface area contributed by atoms with Crippen molar-refractivity contribution in [3.05, 3.63) is 23.8 Å². The summed E-state index contributed by atoms with van der Waals surface area (Å²) in [7, 11) is 1.55. The van der Waals surface area contributed by atoms with Crippen molar-refractivity contribution in [2.75, 3.05) is 20.3 Å². The number of rotatable bonds is 7. The Morgan fingerprint density at radius 2 is 2.00 bits per heavy atom. The summed E-state index contributed by atoms with van der Waals surface area (Å²) in [6.45, 7) is 0.468. The Morgan fingerprint density at radius 3 is 2.58 bits per heavy atom. The van der Waals surface area contributed by atoms with E-state index in [-0.39, 0.29) is 13.0 Å². The molecule has 1 aromatic carbocycles. The zero-order chi connectivity index (χ0) is 14.3. The van der Waals surface area contributed by atoms with Crippen molar-refractivity contribution in [1.29, 1.82) is 0 Å². The first-order valence-electron chi connectivity index (χ1n) is 6.03. The Labute approximate surface area is 110 Å². The van der Waals surface area contributed by atoms with Crippen LogP contribution < -0.4 is 15.2 Å². The van der Waals surface area contributed by atoms with Crippen LogP contribution in [0.15, 0.2) is 18.2 Å². The van der Waals surface area contributed by atoms with Crippen molar-refractivity contribution >= 4 is 0 Å². The first-order chi connectivity index (χ1) is 8.96. The maximum Gasteiger partial charge on any atom is 0.389 e. The zero-order valence-corrected chi connectivity index (χ0v) is 10.8. The molecular weight excluding hydrogens is 259 g/mol. The van der Waals surface area contributed by atoms with Gasteiger partial charge in [-0.25, -0.2) is 0 Å². The summed E-state index contributed by atoms with van der Waals surface area (Å²) in [6, 6.07) is 5.18. The monoisotopic (exact) mass is 277 g/mol. The maximum absolute atomic E-state index is 12.0. The molecule has 3 nitrogen and oxygen atoms in total. The van der Waals surface area contributed by atoms with Gasteiger partial charge < -0.3 is 15.2 Å². The van der Waals surface area contributed by atoms with Crippen LogP contribution in [0.1, 0.15) is 18.4 Å². The smallest absolute Gasteiger partial charge is 0.389 e. The summed E-state index contributed by atoms with van der Waals surface area (Å²) in [5, 5.41) is 0. The minimum atomic E-state index is -4.14. The SMILES string of the molecule is COc1ccc(OCCCC(F)(F)F)c(CCN)c1. The maximum atomic E-state index is 12.0. The van der Waals surface area contributed by atoms with Gasteiger partial charge in [0.1, 0.15) is 11.5 Å². The largest absolute Gasteiger partial charge is 0.497 e. The molecule has 0 bridgehead atoms. The highest BCUT2D eigenvalue weighted by molar-refractivity contribution is 5.40. The van der Waals surface area contributed by atoms with Gasteiger partial charge in [-0.1, -0.05) is 0 Å². The second-order valence-corrected chi connectivity index (χ2v) is 4.08. The van der Waals surface area contributed by atoms with Crippen molar-refractivity contribution < 1.29 is 22.6 Å². The molecule has 108 valence electrons. The van der Waals surface area contributed by atoms with Crippen LogP contribution in [0, 0.1) is 0 Å². The Kier molecular flexibility index (Phi) is 5.95. The van der Waals surface area contributed by atoms with E-state index < -0.39 is 12.6 Å². The highest BCUT2D eigenvalue weighted by atomic mass is 19.4. The van der Waals surface area contributed by atoms with Gasteiger partial charge in [0.15, 0.2) is 0 Å². The lowest BCUT2D eigenvalue weighted by Gasteiger charge is -2.13. The fourth-order valence-electron chi connectivity index (χ4n) is 1.63. The summed E-state index contributed by atoms with van der Waals surface area (Å²) in [5.74, 6) is 1.24. The third kappa shape index (κ3) is 5.83. The molecule has 0 aliphatic rings. The summed E-state index contributed by atoms with van der Waals surface area (Å²) >= 11 is 0. The molecule has 6 heteroatoms. The molecule has 1 rings (SSSR count). The van der Waals surface area contributed by atoms with Gasteiger partial charge in [0.25, 0.3) is 0 Å². The number of halogens is 3. The van der Waals surface area contributed by atoms with Gasteiger partial charge in [-0.05, 0) is 43.1 Å². The Morgan fingerprint density at radius 1 is 1.26 bits per heavy atom. The van der Waals surface area contributed by atoms with E-state index in [2.05, 4.69) is 0 Å². The molecule has 0 saturated heterocycles. The number of hydrogen-bond donors (Lipinski definition) is 1. The van der Waals surface area contributed by atoms with Gasteiger partial charge in [-0.3, -0.25) is 0 Å². The average molecular weight is 277 g/mol. The van der Waals surface area contributed by atoms with Gasteiger partial charge >= 0.3 is 6.18 Å². The van der Waals surface area contributed by atoms with Crippen molar-refractivity contribution in [3.8, 4) is 11.5 Å². The predicted octanol–water partition coefficient (Wildman–Crippen LogP) is 2.92. The van der Waals surface area contributed by atoms with Crippen molar-refractivity contribution in [1.82, 2.24) is 0 Å². The topological polar surface area (TPSA) is 44.5 Å². The fraction of sp³-hybridized carbons (Fsp3) is 0.538. The Bertz CT molecular complexity index is 394. The van der Waals surface area contributed by atoms with Crippen LogP contribution in [0.2, 0.25) is 0 Å². The van der Waals surface area contributed by atoms with E-state index >= 15 is 0 Å². The second kappa shape index (κ2) is 7.23. The third-order valence-electron chi connectivity index (χ3n) is 2.54. The van der Waals surface area contributed by atoms with Crippen LogP contribution in [-0.4, -0.2) is 26.4 Å². The molecule has 19 heavy (non-hydrogen) atoms. The van der Waals surface area contributed by atoms with Crippen LogP contribution in [0.5, 0.6) is 11.5 Å². The molecule has 0 aliphatic heterocycles.